The van der Waals surface area contributed by atoms with Crippen LogP contribution in [0.3, 0.4) is 0 Å². The summed E-state index contributed by atoms with van der Waals surface area (Å²) in [5, 5.41) is 9.20. The molecule has 5 heteroatoms. The second-order valence-electron chi connectivity index (χ2n) is 4.62. The van der Waals surface area contributed by atoms with E-state index in [1.54, 1.807) is 23.1 Å². The van der Waals surface area contributed by atoms with Crippen molar-refractivity contribution in [2.24, 2.45) is 0 Å². The van der Waals surface area contributed by atoms with E-state index in [0.717, 1.165) is 12.8 Å². The highest BCUT2D eigenvalue weighted by Gasteiger charge is 2.25. The topological polar surface area (TPSA) is 75.8 Å². The number of methoxy groups -OCH3 is 1. The number of ether oxygens (including phenoxy) is 1. The molecule has 0 aliphatic heterocycles. The lowest BCUT2D eigenvalue weighted by atomic mass is 10.1. The minimum absolute atomic E-state index is 0.0626. The molecule has 0 heterocycles. The molecule has 0 saturated heterocycles. The molecule has 0 aromatic heterocycles. The third kappa shape index (κ3) is 3.42. The van der Waals surface area contributed by atoms with Gasteiger partial charge < -0.3 is 20.5 Å². The molecule has 0 fully saturated rings. The van der Waals surface area contributed by atoms with Crippen LogP contribution in [0.15, 0.2) is 18.2 Å². The van der Waals surface area contributed by atoms with E-state index in [4.69, 9.17) is 10.5 Å². The molecule has 1 aromatic carbocycles. The lowest BCUT2D eigenvalue weighted by Gasteiger charge is -2.30. The molecule has 0 atom stereocenters. The average molecular weight is 280 g/mol. The van der Waals surface area contributed by atoms with Gasteiger partial charge in [-0.05, 0) is 25.0 Å². The van der Waals surface area contributed by atoms with Crippen molar-refractivity contribution >= 4 is 11.6 Å². The van der Waals surface area contributed by atoms with Crippen molar-refractivity contribution in [1.82, 2.24) is 4.90 Å². The highest BCUT2D eigenvalue weighted by Crippen LogP contribution is 2.28. The van der Waals surface area contributed by atoms with E-state index >= 15 is 0 Å². The zero-order valence-electron chi connectivity index (χ0n) is 12.4. The maximum atomic E-state index is 12.7. The Morgan fingerprint density at radius 2 is 2.05 bits per heavy atom. The van der Waals surface area contributed by atoms with Gasteiger partial charge in [0.1, 0.15) is 0 Å². The smallest absolute Gasteiger partial charge is 0.258 e. The summed E-state index contributed by atoms with van der Waals surface area (Å²) < 4.78 is 5.24. The summed E-state index contributed by atoms with van der Waals surface area (Å²) in [4.78, 5) is 14.4. The van der Waals surface area contributed by atoms with Crippen LogP contribution >= 0.6 is 0 Å². The molecule has 1 amide bonds. The number of aliphatic hydroxyl groups excluding tert-OH is 1. The van der Waals surface area contributed by atoms with Crippen molar-refractivity contribution in [2.45, 2.75) is 32.7 Å². The number of hydrogen-bond acceptors (Lipinski definition) is 4. The number of carbonyl (C=O) groups is 1. The van der Waals surface area contributed by atoms with Crippen molar-refractivity contribution in [3.05, 3.63) is 23.8 Å². The van der Waals surface area contributed by atoms with Gasteiger partial charge >= 0.3 is 0 Å². The summed E-state index contributed by atoms with van der Waals surface area (Å²) in [6.07, 6.45) is 1.68. The molecular weight excluding hydrogens is 256 g/mol. The molecule has 0 spiro atoms. The van der Waals surface area contributed by atoms with E-state index in [1.807, 2.05) is 13.8 Å². The van der Waals surface area contributed by atoms with Gasteiger partial charge in [-0.1, -0.05) is 19.9 Å². The van der Waals surface area contributed by atoms with E-state index in [-0.39, 0.29) is 18.6 Å². The monoisotopic (exact) mass is 280 g/mol. The van der Waals surface area contributed by atoms with Gasteiger partial charge in [0.15, 0.2) is 5.75 Å². The van der Waals surface area contributed by atoms with E-state index < -0.39 is 0 Å². The minimum Gasteiger partial charge on any atom is -0.494 e. The summed E-state index contributed by atoms with van der Waals surface area (Å²) in [6.45, 7) is 4.31. The second kappa shape index (κ2) is 7.75. The molecule has 0 saturated carbocycles. The number of nitrogens with two attached hydrogens (primary N) is 1. The maximum absolute atomic E-state index is 12.7. The molecule has 0 unspecified atom stereocenters. The fourth-order valence-corrected chi connectivity index (χ4v) is 2.39. The summed E-state index contributed by atoms with van der Waals surface area (Å²) in [6, 6.07) is 5.23. The number of nitrogen functional groups attached to an aromatic ring is 1. The Hall–Kier alpha value is -1.75. The zero-order valence-corrected chi connectivity index (χ0v) is 12.4. The number of hydrogen-bond donors (Lipinski definition) is 2. The Morgan fingerprint density at radius 1 is 1.40 bits per heavy atom. The van der Waals surface area contributed by atoms with Gasteiger partial charge in [0.05, 0.1) is 25.0 Å². The Labute approximate surface area is 120 Å². The largest absolute Gasteiger partial charge is 0.494 e. The van der Waals surface area contributed by atoms with Crippen LogP contribution in [-0.4, -0.2) is 42.2 Å². The molecule has 1 aromatic rings. The van der Waals surface area contributed by atoms with Crippen LogP contribution in [-0.2, 0) is 0 Å². The van der Waals surface area contributed by atoms with Gasteiger partial charge in [-0.25, -0.2) is 0 Å². The Bertz CT molecular complexity index is 445. The van der Waals surface area contributed by atoms with Crippen LogP contribution in [0, 0.1) is 0 Å². The van der Waals surface area contributed by atoms with Crippen LogP contribution < -0.4 is 10.5 Å². The fraction of sp³-hybridized carbons (Fsp3) is 0.533. The van der Waals surface area contributed by atoms with E-state index in [0.29, 0.717) is 23.5 Å². The third-order valence-corrected chi connectivity index (χ3v) is 3.47. The first-order valence-electron chi connectivity index (χ1n) is 6.94. The molecule has 0 bridgehead atoms. The van der Waals surface area contributed by atoms with E-state index in [2.05, 4.69) is 0 Å². The molecule has 20 heavy (non-hydrogen) atoms. The highest BCUT2D eigenvalue weighted by atomic mass is 16.5. The van der Waals surface area contributed by atoms with Crippen molar-refractivity contribution < 1.29 is 14.6 Å². The molecule has 0 aliphatic carbocycles. The minimum atomic E-state index is -0.156. The number of anilines is 1. The number of nitrogens with zero attached hydrogens (tertiary/aromatic N) is 1. The van der Waals surface area contributed by atoms with Crippen LogP contribution in [0.1, 0.15) is 37.0 Å². The summed E-state index contributed by atoms with van der Waals surface area (Å²) in [7, 11) is 1.50. The van der Waals surface area contributed by atoms with Crippen molar-refractivity contribution in [3.63, 3.8) is 0 Å². The van der Waals surface area contributed by atoms with Crippen molar-refractivity contribution in [2.75, 3.05) is 26.0 Å². The number of amides is 1. The van der Waals surface area contributed by atoms with Crippen molar-refractivity contribution in [1.29, 1.82) is 0 Å². The molecule has 112 valence electrons. The lowest BCUT2D eigenvalue weighted by Crippen LogP contribution is -2.41. The number of benzene rings is 1. The van der Waals surface area contributed by atoms with Crippen LogP contribution in [0.25, 0.3) is 0 Å². The molecule has 5 nitrogen and oxygen atoms in total. The number of rotatable bonds is 7. The predicted octanol–water partition coefficient (Wildman–Crippen LogP) is 1.90. The fourth-order valence-electron chi connectivity index (χ4n) is 2.39. The molecule has 0 aliphatic rings. The quantitative estimate of drug-likeness (QED) is 0.748. The number of aliphatic hydroxyl groups is 1. The predicted molar refractivity (Wildman–Crippen MR) is 79.9 cm³/mol. The Morgan fingerprint density at radius 3 is 2.55 bits per heavy atom. The SMILES string of the molecule is CCC(CC)N(CCO)C(=O)c1cccc(N)c1OC. The first-order valence-corrected chi connectivity index (χ1v) is 6.94. The molecule has 0 radical (unpaired) electrons. The normalized spacial score (nSPS) is 10.7. The van der Waals surface area contributed by atoms with Gasteiger partial charge in [0.25, 0.3) is 5.91 Å². The first-order chi connectivity index (χ1) is 9.60. The third-order valence-electron chi connectivity index (χ3n) is 3.47. The first kappa shape index (κ1) is 16.3. The summed E-state index contributed by atoms with van der Waals surface area (Å²) in [5.41, 5.74) is 6.71. The zero-order chi connectivity index (χ0) is 15.1. The second-order valence-corrected chi connectivity index (χ2v) is 4.62. The van der Waals surface area contributed by atoms with Gasteiger partial charge in [0, 0.05) is 12.6 Å². The van der Waals surface area contributed by atoms with Crippen LogP contribution in [0.2, 0.25) is 0 Å². The van der Waals surface area contributed by atoms with Gasteiger partial charge in [-0.2, -0.15) is 0 Å². The number of para-hydroxylation sites is 1. The number of carbonyl (C=O) groups excluding carboxylic acids is 1. The molecule has 1 rings (SSSR count). The average Bonchev–Trinajstić information content (AvgIpc) is 2.46. The van der Waals surface area contributed by atoms with Crippen LogP contribution in [0.5, 0.6) is 5.75 Å². The Balaban J connectivity index is 3.15. The molecule has 3 N–H and O–H groups in total. The van der Waals surface area contributed by atoms with Crippen LogP contribution in [0.4, 0.5) is 5.69 Å². The maximum Gasteiger partial charge on any atom is 0.258 e. The lowest BCUT2D eigenvalue weighted by molar-refractivity contribution is 0.0619. The highest BCUT2D eigenvalue weighted by molar-refractivity contribution is 5.98. The summed E-state index contributed by atoms with van der Waals surface area (Å²) in [5.74, 6) is 0.239. The Kier molecular flexibility index (Phi) is 6.31. The van der Waals surface area contributed by atoms with Gasteiger partial charge in [-0.3, -0.25) is 4.79 Å². The standard InChI is InChI=1S/C15H24N2O3/c1-4-11(5-2)17(9-10-18)15(19)12-7-6-8-13(16)14(12)20-3/h6-8,11,18H,4-5,9-10,16H2,1-3H3. The molecular formula is C15H24N2O3. The summed E-state index contributed by atoms with van der Waals surface area (Å²) >= 11 is 0. The van der Waals surface area contributed by atoms with E-state index in [9.17, 15) is 9.90 Å². The van der Waals surface area contributed by atoms with E-state index in [1.165, 1.54) is 7.11 Å². The van der Waals surface area contributed by atoms with Crippen molar-refractivity contribution in [3.8, 4) is 5.75 Å². The van der Waals surface area contributed by atoms with Gasteiger partial charge in [-0.15, -0.1) is 0 Å². The van der Waals surface area contributed by atoms with Gasteiger partial charge in [0.2, 0.25) is 0 Å².